The van der Waals surface area contributed by atoms with E-state index < -0.39 is 0 Å². The van der Waals surface area contributed by atoms with Crippen LogP contribution in [0.1, 0.15) is 31.9 Å². The van der Waals surface area contributed by atoms with Crippen LogP contribution in [0.2, 0.25) is 0 Å². The van der Waals surface area contributed by atoms with Gasteiger partial charge in [-0.15, -0.1) is 6.54 Å². The van der Waals surface area contributed by atoms with Gasteiger partial charge in [0, 0.05) is 32.7 Å². The van der Waals surface area contributed by atoms with E-state index in [4.69, 9.17) is 5.73 Å². The number of hydrogen-bond donors (Lipinski definition) is 0. The van der Waals surface area contributed by atoms with Crippen LogP contribution in [0.3, 0.4) is 0 Å². The van der Waals surface area contributed by atoms with Gasteiger partial charge >= 0.3 is 0 Å². The molecule has 2 heteroatoms. The molecule has 69 valence electrons. The van der Waals surface area contributed by atoms with Crippen LogP contribution in [0.25, 0.3) is 5.73 Å². The zero-order valence-electron chi connectivity index (χ0n) is 8.59. The quantitative estimate of drug-likeness (QED) is 0.729. The Morgan fingerprint density at radius 3 is 1.85 bits per heavy atom. The first-order chi connectivity index (χ1) is 5.54. The van der Waals surface area contributed by atoms with E-state index in [1.54, 1.807) is 0 Å². The van der Waals surface area contributed by atoms with E-state index in [1.165, 1.54) is 5.56 Å². The molecule has 0 saturated carbocycles. The molecule has 0 atom stereocenters. The molecule has 0 aliphatic rings. The van der Waals surface area contributed by atoms with E-state index in [9.17, 15) is 0 Å². The first-order valence-electron chi connectivity index (χ1n) is 4.28. The fourth-order valence-corrected chi connectivity index (χ4v) is 1.12. The molecule has 0 aliphatic carbocycles. The van der Waals surface area contributed by atoms with Gasteiger partial charge in [0.2, 0.25) is 0 Å². The SMILES string of the molecule is CC(C)(C)c1ccc(C[NH-])cc1.[Y]. The maximum Gasteiger partial charge on any atom is 0 e. The summed E-state index contributed by atoms with van der Waals surface area (Å²) < 4.78 is 0. The molecule has 0 spiro atoms. The molecule has 13 heavy (non-hydrogen) atoms. The molecular weight excluding hydrogens is 235 g/mol. The molecule has 0 aromatic heterocycles. The van der Waals surface area contributed by atoms with E-state index >= 15 is 0 Å². The average Bonchev–Trinajstić information content (AvgIpc) is 2.03. The van der Waals surface area contributed by atoms with Gasteiger partial charge in [-0.05, 0) is 11.0 Å². The van der Waals surface area contributed by atoms with Gasteiger partial charge in [-0.3, -0.25) is 0 Å². The monoisotopic (exact) mass is 251 g/mol. The molecule has 0 unspecified atom stereocenters. The van der Waals surface area contributed by atoms with Crippen LogP contribution >= 0.6 is 0 Å². The molecule has 1 aromatic carbocycles. The summed E-state index contributed by atoms with van der Waals surface area (Å²) in [5.41, 5.74) is 9.81. The summed E-state index contributed by atoms with van der Waals surface area (Å²) in [4.78, 5) is 0. The maximum absolute atomic E-state index is 7.17. The minimum atomic E-state index is 0. The second kappa shape index (κ2) is 5.24. The Hall–Kier alpha value is 0.284. The Balaban J connectivity index is 0.00000144. The van der Waals surface area contributed by atoms with Crippen molar-refractivity contribution in [1.82, 2.24) is 0 Å². The Bertz CT molecular complexity index is 246. The molecule has 1 aromatic rings. The Labute approximate surface area is 106 Å². The van der Waals surface area contributed by atoms with Gasteiger partial charge in [0.25, 0.3) is 0 Å². The third-order valence-electron chi connectivity index (χ3n) is 2.02. The Morgan fingerprint density at radius 2 is 1.54 bits per heavy atom. The van der Waals surface area contributed by atoms with Crippen LogP contribution in [-0.2, 0) is 44.7 Å². The van der Waals surface area contributed by atoms with Crippen LogP contribution in [0.5, 0.6) is 0 Å². The van der Waals surface area contributed by atoms with Crippen molar-refractivity contribution in [3.8, 4) is 0 Å². The first kappa shape index (κ1) is 13.3. The summed E-state index contributed by atoms with van der Waals surface area (Å²) in [6, 6.07) is 8.30. The van der Waals surface area contributed by atoms with Gasteiger partial charge < -0.3 is 5.73 Å². The van der Waals surface area contributed by atoms with Crippen LogP contribution in [0.4, 0.5) is 0 Å². The molecule has 1 radical (unpaired) electrons. The Kier molecular flexibility index (Phi) is 5.35. The van der Waals surface area contributed by atoms with Crippen molar-refractivity contribution in [3.05, 3.63) is 41.1 Å². The topological polar surface area (TPSA) is 23.8 Å². The van der Waals surface area contributed by atoms with Crippen molar-refractivity contribution in [2.45, 2.75) is 32.7 Å². The third kappa shape index (κ3) is 3.89. The van der Waals surface area contributed by atoms with Crippen molar-refractivity contribution < 1.29 is 32.7 Å². The van der Waals surface area contributed by atoms with Gasteiger partial charge in [0.1, 0.15) is 0 Å². The van der Waals surface area contributed by atoms with E-state index in [0.717, 1.165) is 5.56 Å². The normalized spacial score (nSPS) is 10.8. The summed E-state index contributed by atoms with van der Waals surface area (Å²) in [6.45, 7) is 6.97. The predicted molar refractivity (Wildman–Crippen MR) is 53.2 cm³/mol. The molecule has 1 N–H and O–H groups in total. The van der Waals surface area contributed by atoms with Crippen molar-refractivity contribution in [2.75, 3.05) is 0 Å². The standard InChI is InChI=1S/C11H16N.Y/c1-11(2,3)10-6-4-9(8-12)5-7-10;/h4-7,12H,8H2,1-3H3;/q-1;. The molecule has 0 aliphatic heterocycles. The van der Waals surface area contributed by atoms with Crippen molar-refractivity contribution in [1.29, 1.82) is 0 Å². The van der Waals surface area contributed by atoms with Crippen molar-refractivity contribution in [3.63, 3.8) is 0 Å². The van der Waals surface area contributed by atoms with E-state index in [2.05, 4.69) is 32.9 Å². The molecule has 1 nitrogen and oxygen atoms in total. The van der Waals surface area contributed by atoms with Gasteiger partial charge in [-0.2, -0.15) is 0 Å². The van der Waals surface area contributed by atoms with Crippen LogP contribution in [-0.4, -0.2) is 0 Å². The van der Waals surface area contributed by atoms with Crippen molar-refractivity contribution >= 4 is 0 Å². The summed E-state index contributed by atoms with van der Waals surface area (Å²) in [7, 11) is 0. The second-order valence-corrected chi connectivity index (χ2v) is 4.12. The second-order valence-electron chi connectivity index (χ2n) is 4.12. The zero-order valence-corrected chi connectivity index (χ0v) is 11.4. The number of rotatable bonds is 1. The third-order valence-corrected chi connectivity index (χ3v) is 2.02. The van der Waals surface area contributed by atoms with Crippen LogP contribution in [0, 0.1) is 0 Å². The summed E-state index contributed by atoms with van der Waals surface area (Å²) in [5.74, 6) is 0. The molecular formula is C11H16NY-. The average molecular weight is 251 g/mol. The van der Waals surface area contributed by atoms with E-state index in [-0.39, 0.29) is 38.1 Å². The predicted octanol–water partition coefficient (Wildman–Crippen LogP) is 3.53. The van der Waals surface area contributed by atoms with Crippen LogP contribution < -0.4 is 0 Å². The molecule has 1 rings (SSSR count). The largest absolute Gasteiger partial charge is 0.674 e. The Morgan fingerprint density at radius 1 is 1.08 bits per heavy atom. The smallest absolute Gasteiger partial charge is 0 e. The molecule has 0 amide bonds. The molecule has 0 fully saturated rings. The maximum atomic E-state index is 7.17. The minimum absolute atomic E-state index is 0. The number of benzene rings is 1. The molecule has 0 saturated heterocycles. The number of hydrogen-bond acceptors (Lipinski definition) is 0. The fourth-order valence-electron chi connectivity index (χ4n) is 1.12. The van der Waals surface area contributed by atoms with Gasteiger partial charge in [-0.1, -0.05) is 50.6 Å². The summed E-state index contributed by atoms with van der Waals surface area (Å²) in [6.07, 6.45) is 0. The molecule has 0 heterocycles. The minimum Gasteiger partial charge on any atom is -0.674 e. The van der Waals surface area contributed by atoms with Gasteiger partial charge in [0.05, 0.1) is 0 Å². The fraction of sp³-hybridized carbons (Fsp3) is 0.455. The first-order valence-corrected chi connectivity index (χ1v) is 4.28. The summed E-state index contributed by atoms with van der Waals surface area (Å²) in [5, 5.41) is 0. The molecule has 0 bridgehead atoms. The number of nitrogens with one attached hydrogen (secondary N) is 1. The van der Waals surface area contributed by atoms with E-state index in [1.807, 2.05) is 12.1 Å². The summed E-state index contributed by atoms with van der Waals surface area (Å²) >= 11 is 0. The van der Waals surface area contributed by atoms with Crippen molar-refractivity contribution in [2.24, 2.45) is 0 Å². The zero-order chi connectivity index (χ0) is 9.19. The van der Waals surface area contributed by atoms with Crippen LogP contribution in [0.15, 0.2) is 24.3 Å². The van der Waals surface area contributed by atoms with Gasteiger partial charge in [-0.25, -0.2) is 0 Å². The van der Waals surface area contributed by atoms with E-state index in [0.29, 0.717) is 6.54 Å². The van der Waals surface area contributed by atoms with Gasteiger partial charge in [0.15, 0.2) is 0 Å².